The fraction of sp³-hybridized carbons (Fsp3) is 0.312. The number of nitrogens with one attached hydrogen (secondary N) is 1. The lowest BCUT2D eigenvalue weighted by molar-refractivity contribution is 0.414. The van der Waals surface area contributed by atoms with Gasteiger partial charge in [-0.2, -0.15) is 0 Å². The van der Waals surface area contributed by atoms with Gasteiger partial charge in [0, 0.05) is 18.3 Å². The van der Waals surface area contributed by atoms with E-state index in [0.717, 1.165) is 11.4 Å². The molecule has 0 radical (unpaired) electrons. The van der Waals surface area contributed by atoms with Gasteiger partial charge in [-0.25, -0.2) is 0 Å². The van der Waals surface area contributed by atoms with Crippen molar-refractivity contribution in [2.75, 3.05) is 7.11 Å². The highest BCUT2D eigenvalue weighted by atomic mass is 16.5. The van der Waals surface area contributed by atoms with Crippen LogP contribution in [0.25, 0.3) is 0 Å². The van der Waals surface area contributed by atoms with Crippen LogP contribution in [-0.4, -0.2) is 12.1 Å². The molecule has 19 heavy (non-hydrogen) atoms. The topological polar surface area (TPSA) is 34.1 Å². The monoisotopic (exact) mass is 256 g/mol. The van der Waals surface area contributed by atoms with Crippen molar-refractivity contribution in [1.82, 2.24) is 10.3 Å². The summed E-state index contributed by atoms with van der Waals surface area (Å²) in [6.45, 7) is 4.28. The lowest BCUT2D eigenvalue weighted by Crippen LogP contribution is -2.23. The maximum absolute atomic E-state index is 5.17. The molecule has 0 aliphatic rings. The molecule has 1 aromatic carbocycles. The van der Waals surface area contributed by atoms with Crippen molar-refractivity contribution in [1.29, 1.82) is 0 Å². The molecular weight excluding hydrogens is 236 g/mol. The Morgan fingerprint density at radius 2 is 1.74 bits per heavy atom. The number of pyridine rings is 1. The van der Waals surface area contributed by atoms with Crippen LogP contribution in [0.3, 0.4) is 0 Å². The predicted octanol–water partition coefficient (Wildman–Crippen LogP) is 3.50. The molecule has 2 atom stereocenters. The third kappa shape index (κ3) is 3.55. The van der Waals surface area contributed by atoms with Gasteiger partial charge in [0.1, 0.15) is 5.75 Å². The molecule has 3 heteroatoms. The lowest BCUT2D eigenvalue weighted by atomic mass is 10.1. The van der Waals surface area contributed by atoms with Crippen LogP contribution in [-0.2, 0) is 0 Å². The van der Waals surface area contributed by atoms with Crippen molar-refractivity contribution in [2.45, 2.75) is 25.9 Å². The van der Waals surface area contributed by atoms with Gasteiger partial charge in [-0.15, -0.1) is 0 Å². The first-order chi connectivity index (χ1) is 9.20. The minimum atomic E-state index is 0.221. The zero-order valence-corrected chi connectivity index (χ0v) is 11.6. The van der Waals surface area contributed by atoms with Crippen molar-refractivity contribution in [2.24, 2.45) is 0 Å². The molecule has 0 saturated heterocycles. The summed E-state index contributed by atoms with van der Waals surface area (Å²) in [5, 5.41) is 3.55. The summed E-state index contributed by atoms with van der Waals surface area (Å²) in [4.78, 5) is 4.37. The van der Waals surface area contributed by atoms with Gasteiger partial charge in [0.05, 0.1) is 12.8 Å². The molecule has 0 saturated carbocycles. The summed E-state index contributed by atoms with van der Waals surface area (Å²) in [7, 11) is 1.68. The fourth-order valence-corrected chi connectivity index (χ4v) is 2.08. The highest BCUT2D eigenvalue weighted by Crippen LogP contribution is 2.20. The molecule has 1 aromatic heterocycles. The van der Waals surface area contributed by atoms with E-state index in [2.05, 4.69) is 36.3 Å². The summed E-state index contributed by atoms with van der Waals surface area (Å²) in [5.41, 5.74) is 2.30. The summed E-state index contributed by atoms with van der Waals surface area (Å²) >= 11 is 0. The first-order valence-corrected chi connectivity index (χ1v) is 6.51. The lowest BCUT2D eigenvalue weighted by Gasteiger charge is -2.20. The van der Waals surface area contributed by atoms with Crippen LogP contribution in [0.4, 0.5) is 0 Å². The molecule has 0 spiro atoms. The Morgan fingerprint density at radius 1 is 1.00 bits per heavy atom. The van der Waals surface area contributed by atoms with Crippen LogP contribution < -0.4 is 10.1 Å². The van der Waals surface area contributed by atoms with Crippen LogP contribution in [0.2, 0.25) is 0 Å². The van der Waals surface area contributed by atoms with E-state index in [-0.39, 0.29) is 12.1 Å². The summed E-state index contributed by atoms with van der Waals surface area (Å²) < 4.78 is 5.17. The molecule has 1 N–H and O–H groups in total. The molecule has 3 nitrogen and oxygen atoms in total. The van der Waals surface area contributed by atoms with E-state index in [9.17, 15) is 0 Å². The third-order valence-corrected chi connectivity index (χ3v) is 3.25. The van der Waals surface area contributed by atoms with Gasteiger partial charge in [-0.05, 0) is 43.7 Å². The maximum Gasteiger partial charge on any atom is 0.118 e. The molecule has 100 valence electrons. The Labute approximate surface area is 114 Å². The smallest absolute Gasteiger partial charge is 0.118 e. The second-order valence-electron chi connectivity index (χ2n) is 4.64. The molecule has 0 bridgehead atoms. The van der Waals surface area contributed by atoms with Gasteiger partial charge in [-0.3, -0.25) is 4.98 Å². The van der Waals surface area contributed by atoms with E-state index in [1.165, 1.54) is 5.56 Å². The van der Waals surface area contributed by atoms with E-state index in [1.807, 2.05) is 36.5 Å². The number of benzene rings is 1. The van der Waals surface area contributed by atoms with Gasteiger partial charge >= 0.3 is 0 Å². The van der Waals surface area contributed by atoms with Crippen molar-refractivity contribution < 1.29 is 4.74 Å². The molecule has 0 amide bonds. The van der Waals surface area contributed by atoms with Crippen molar-refractivity contribution in [3.63, 3.8) is 0 Å². The standard InChI is InChI=1S/C16H20N2O/c1-12(14-7-9-15(19-3)10-8-14)18-13(2)16-6-4-5-11-17-16/h4-13,18H,1-3H3/t12-,13-/m0/s1. The molecule has 2 aromatic rings. The first kappa shape index (κ1) is 13.6. The Bertz CT molecular complexity index is 496. The molecule has 0 aliphatic carbocycles. The minimum Gasteiger partial charge on any atom is -0.497 e. The van der Waals surface area contributed by atoms with Gasteiger partial charge in [0.25, 0.3) is 0 Å². The van der Waals surface area contributed by atoms with Crippen LogP contribution in [0.15, 0.2) is 48.7 Å². The van der Waals surface area contributed by atoms with Gasteiger partial charge < -0.3 is 10.1 Å². The Morgan fingerprint density at radius 3 is 2.32 bits per heavy atom. The predicted molar refractivity (Wildman–Crippen MR) is 77.2 cm³/mol. The van der Waals surface area contributed by atoms with E-state index in [0.29, 0.717) is 0 Å². The Balaban J connectivity index is 2.02. The fourth-order valence-electron chi connectivity index (χ4n) is 2.08. The Kier molecular flexibility index (Phi) is 4.53. The summed E-state index contributed by atoms with van der Waals surface area (Å²) in [5.74, 6) is 0.883. The van der Waals surface area contributed by atoms with Crippen LogP contribution >= 0.6 is 0 Å². The summed E-state index contributed by atoms with van der Waals surface area (Å²) in [6.07, 6.45) is 1.82. The number of rotatable bonds is 5. The van der Waals surface area contributed by atoms with Gasteiger partial charge in [-0.1, -0.05) is 18.2 Å². The minimum absolute atomic E-state index is 0.221. The number of hydrogen-bond acceptors (Lipinski definition) is 3. The average molecular weight is 256 g/mol. The van der Waals surface area contributed by atoms with Crippen molar-refractivity contribution in [3.8, 4) is 5.75 Å². The molecule has 1 heterocycles. The van der Waals surface area contributed by atoms with Gasteiger partial charge in [0.15, 0.2) is 0 Å². The van der Waals surface area contributed by atoms with Gasteiger partial charge in [0.2, 0.25) is 0 Å². The van der Waals surface area contributed by atoms with Crippen molar-refractivity contribution in [3.05, 3.63) is 59.9 Å². The van der Waals surface area contributed by atoms with E-state index in [4.69, 9.17) is 4.74 Å². The third-order valence-electron chi connectivity index (χ3n) is 3.25. The molecular formula is C16H20N2O. The van der Waals surface area contributed by atoms with Crippen LogP contribution in [0.1, 0.15) is 37.2 Å². The molecule has 0 aliphatic heterocycles. The number of nitrogens with zero attached hydrogens (tertiary/aromatic N) is 1. The molecule has 0 unspecified atom stereocenters. The van der Waals surface area contributed by atoms with E-state index >= 15 is 0 Å². The van der Waals surface area contributed by atoms with Crippen LogP contribution in [0, 0.1) is 0 Å². The maximum atomic E-state index is 5.17. The average Bonchev–Trinajstić information content (AvgIpc) is 2.48. The SMILES string of the molecule is COc1ccc([C@H](C)N[C@@H](C)c2ccccn2)cc1. The van der Waals surface area contributed by atoms with Crippen LogP contribution in [0.5, 0.6) is 5.75 Å². The largest absolute Gasteiger partial charge is 0.497 e. The number of hydrogen-bond donors (Lipinski definition) is 1. The Hall–Kier alpha value is -1.87. The number of methoxy groups -OCH3 is 1. The van der Waals surface area contributed by atoms with Crippen molar-refractivity contribution >= 4 is 0 Å². The van der Waals surface area contributed by atoms with E-state index < -0.39 is 0 Å². The second kappa shape index (κ2) is 6.34. The summed E-state index contributed by atoms with van der Waals surface area (Å²) in [6, 6.07) is 14.6. The highest BCUT2D eigenvalue weighted by molar-refractivity contribution is 5.29. The zero-order valence-electron chi connectivity index (χ0n) is 11.6. The number of aromatic nitrogens is 1. The number of ether oxygens (including phenoxy) is 1. The second-order valence-corrected chi connectivity index (χ2v) is 4.64. The quantitative estimate of drug-likeness (QED) is 0.889. The first-order valence-electron chi connectivity index (χ1n) is 6.51. The zero-order chi connectivity index (χ0) is 13.7. The normalized spacial score (nSPS) is 13.8. The molecule has 2 rings (SSSR count). The van der Waals surface area contributed by atoms with E-state index in [1.54, 1.807) is 7.11 Å². The highest BCUT2D eigenvalue weighted by Gasteiger charge is 2.11. The molecule has 0 fully saturated rings.